The number of ether oxygens (including phenoxy) is 1. The van der Waals surface area contributed by atoms with Crippen molar-refractivity contribution in [1.82, 2.24) is 0 Å². The van der Waals surface area contributed by atoms with Crippen molar-refractivity contribution in [3.05, 3.63) is 70.8 Å². The molecule has 22 heavy (non-hydrogen) atoms. The molecule has 2 aromatic rings. The lowest BCUT2D eigenvalue weighted by Gasteiger charge is -2.09. The number of rotatable bonds is 6. The van der Waals surface area contributed by atoms with E-state index in [0.717, 1.165) is 26.1 Å². The van der Waals surface area contributed by atoms with Gasteiger partial charge in [0.25, 0.3) is 0 Å². The molecular weight excluding hydrogens is 268 g/mol. The Balaban J connectivity index is 1.43. The first kappa shape index (κ1) is 15.3. The molecule has 0 heterocycles. The molecule has 0 unspecified atom stereocenters. The summed E-state index contributed by atoms with van der Waals surface area (Å²) >= 11 is 0. The molecule has 0 bridgehead atoms. The van der Waals surface area contributed by atoms with Gasteiger partial charge in [-0.1, -0.05) is 55.0 Å². The largest absolute Gasteiger partial charge is 0.377 e. The predicted molar refractivity (Wildman–Crippen MR) is 92.1 cm³/mol. The average molecular weight is 294 g/mol. The Kier molecular flexibility index (Phi) is 5.66. The fourth-order valence-corrected chi connectivity index (χ4v) is 3.27. The van der Waals surface area contributed by atoms with Crippen LogP contribution in [0.1, 0.15) is 47.9 Å². The van der Waals surface area contributed by atoms with Crippen molar-refractivity contribution in [2.75, 3.05) is 6.61 Å². The molecule has 0 amide bonds. The first-order valence-corrected chi connectivity index (χ1v) is 8.64. The molecule has 0 atom stereocenters. The summed E-state index contributed by atoms with van der Waals surface area (Å²) < 4.78 is 5.86. The third-order valence-corrected chi connectivity index (χ3v) is 4.53. The summed E-state index contributed by atoms with van der Waals surface area (Å²) in [7, 11) is 0. The van der Waals surface area contributed by atoms with Crippen LogP contribution in [-0.2, 0) is 30.6 Å². The summed E-state index contributed by atoms with van der Waals surface area (Å²) in [5.41, 5.74) is 5.85. The minimum absolute atomic E-state index is 0.752. The molecule has 0 N–H and O–H groups in total. The zero-order chi connectivity index (χ0) is 15.0. The molecule has 0 aromatic heterocycles. The van der Waals surface area contributed by atoms with Crippen molar-refractivity contribution in [1.29, 1.82) is 0 Å². The smallest absolute Gasteiger partial charge is 0.0716 e. The highest BCUT2D eigenvalue weighted by Gasteiger charge is 2.08. The van der Waals surface area contributed by atoms with Crippen molar-refractivity contribution in [2.45, 2.75) is 51.6 Å². The van der Waals surface area contributed by atoms with E-state index in [-0.39, 0.29) is 0 Å². The summed E-state index contributed by atoms with van der Waals surface area (Å²) in [6.45, 7) is 1.59. The highest BCUT2D eigenvalue weighted by molar-refractivity contribution is 5.32. The zero-order valence-corrected chi connectivity index (χ0v) is 13.4. The van der Waals surface area contributed by atoms with E-state index in [1.54, 1.807) is 11.1 Å². The van der Waals surface area contributed by atoms with Crippen molar-refractivity contribution in [2.24, 2.45) is 0 Å². The van der Waals surface area contributed by atoms with Crippen molar-refractivity contribution in [3.8, 4) is 0 Å². The van der Waals surface area contributed by atoms with E-state index in [0.29, 0.717) is 0 Å². The van der Waals surface area contributed by atoms with Gasteiger partial charge in [0.05, 0.1) is 6.61 Å². The highest BCUT2D eigenvalue weighted by Crippen LogP contribution is 2.22. The lowest BCUT2D eigenvalue weighted by Crippen LogP contribution is -1.99. The third-order valence-electron chi connectivity index (χ3n) is 4.53. The molecule has 0 radical (unpaired) electrons. The van der Waals surface area contributed by atoms with Crippen LogP contribution in [0.2, 0.25) is 0 Å². The quantitative estimate of drug-likeness (QED) is 0.531. The van der Waals surface area contributed by atoms with Gasteiger partial charge in [-0.3, -0.25) is 0 Å². The lowest BCUT2D eigenvalue weighted by atomic mass is 10.0. The van der Waals surface area contributed by atoms with Gasteiger partial charge in [0.15, 0.2) is 0 Å². The number of aryl methyl sites for hydroxylation is 3. The van der Waals surface area contributed by atoms with Crippen molar-refractivity contribution >= 4 is 0 Å². The molecule has 1 nitrogen and oxygen atoms in total. The first-order chi connectivity index (χ1) is 10.9. The van der Waals surface area contributed by atoms with Crippen LogP contribution in [0.3, 0.4) is 0 Å². The molecule has 116 valence electrons. The van der Waals surface area contributed by atoms with E-state index in [2.05, 4.69) is 48.5 Å². The van der Waals surface area contributed by atoms with Gasteiger partial charge >= 0.3 is 0 Å². The van der Waals surface area contributed by atoms with E-state index in [1.165, 1.54) is 43.2 Å². The molecule has 0 aliphatic heterocycles. The number of hydrogen-bond donors (Lipinski definition) is 0. The fraction of sp³-hybridized carbons (Fsp3) is 0.429. The summed E-state index contributed by atoms with van der Waals surface area (Å²) in [5.74, 6) is 0. The van der Waals surface area contributed by atoms with Gasteiger partial charge < -0.3 is 4.74 Å². The monoisotopic (exact) mass is 294 g/mol. The van der Waals surface area contributed by atoms with Gasteiger partial charge in [-0.05, 0) is 60.8 Å². The van der Waals surface area contributed by atoms with Gasteiger partial charge in [-0.15, -0.1) is 0 Å². The summed E-state index contributed by atoms with van der Waals surface area (Å²) in [4.78, 5) is 0. The van der Waals surface area contributed by atoms with Gasteiger partial charge in [-0.2, -0.15) is 0 Å². The molecule has 0 fully saturated rings. The zero-order valence-electron chi connectivity index (χ0n) is 13.4. The minimum Gasteiger partial charge on any atom is -0.377 e. The van der Waals surface area contributed by atoms with Crippen molar-refractivity contribution in [3.63, 3.8) is 0 Å². The second kappa shape index (κ2) is 8.14. The normalized spacial score (nSPS) is 14.4. The fourth-order valence-electron chi connectivity index (χ4n) is 3.27. The predicted octanol–water partition coefficient (Wildman–Crippen LogP) is 5.10. The first-order valence-electron chi connectivity index (χ1n) is 8.64. The minimum atomic E-state index is 0.752. The Morgan fingerprint density at radius 1 is 0.773 bits per heavy atom. The Bertz CT molecular complexity index is 574. The van der Waals surface area contributed by atoms with Gasteiger partial charge in [0, 0.05) is 6.61 Å². The van der Waals surface area contributed by atoms with Crippen LogP contribution in [0.4, 0.5) is 0 Å². The third kappa shape index (κ3) is 4.45. The van der Waals surface area contributed by atoms with Crippen LogP contribution in [0.15, 0.2) is 48.5 Å². The molecule has 0 saturated heterocycles. The Labute approximate surface area is 134 Å². The Morgan fingerprint density at radius 2 is 1.59 bits per heavy atom. The SMILES string of the molecule is c1ccc(CCCOCc2ccc3c(c2)CCCCC3)cc1. The van der Waals surface area contributed by atoms with Gasteiger partial charge in [0.1, 0.15) is 0 Å². The molecule has 2 aromatic carbocycles. The van der Waals surface area contributed by atoms with Crippen LogP contribution in [0.25, 0.3) is 0 Å². The lowest BCUT2D eigenvalue weighted by molar-refractivity contribution is 0.118. The van der Waals surface area contributed by atoms with Gasteiger partial charge in [0.2, 0.25) is 0 Å². The Morgan fingerprint density at radius 3 is 2.45 bits per heavy atom. The summed E-state index contributed by atoms with van der Waals surface area (Å²) in [6.07, 6.45) is 8.77. The van der Waals surface area contributed by atoms with Crippen LogP contribution in [0, 0.1) is 0 Å². The van der Waals surface area contributed by atoms with Crippen LogP contribution < -0.4 is 0 Å². The summed E-state index contributed by atoms with van der Waals surface area (Å²) in [5, 5.41) is 0. The topological polar surface area (TPSA) is 9.23 Å². The molecule has 1 heteroatoms. The van der Waals surface area contributed by atoms with Crippen LogP contribution in [-0.4, -0.2) is 6.61 Å². The van der Waals surface area contributed by atoms with E-state index < -0.39 is 0 Å². The summed E-state index contributed by atoms with van der Waals surface area (Å²) in [6, 6.07) is 17.6. The molecule has 3 rings (SSSR count). The van der Waals surface area contributed by atoms with E-state index in [4.69, 9.17) is 4.74 Å². The Hall–Kier alpha value is -1.60. The molecule has 0 spiro atoms. The maximum Gasteiger partial charge on any atom is 0.0716 e. The number of hydrogen-bond acceptors (Lipinski definition) is 1. The number of benzene rings is 2. The van der Waals surface area contributed by atoms with E-state index in [9.17, 15) is 0 Å². The maximum atomic E-state index is 5.86. The number of fused-ring (bicyclic) bond motifs is 1. The second-order valence-electron chi connectivity index (χ2n) is 6.31. The molecule has 0 saturated carbocycles. The van der Waals surface area contributed by atoms with Crippen molar-refractivity contribution < 1.29 is 4.74 Å². The highest BCUT2D eigenvalue weighted by atomic mass is 16.5. The standard InChI is InChI=1S/C21H26O/c1-3-8-18(9-4-1)10-7-15-22-17-19-13-14-20-11-5-2-6-12-21(20)16-19/h1,3-4,8-9,13-14,16H,2,5-7,10-12,15,17H2. The van der Waals surface area contributed by atoms with E-state index in [1.807, 2.05) is 0 Å². The van der Waals surface area contributed by atoms with E-state index >= 15 is 0 Å². The molecular formula is C21H26O. The van der Waals surface area contributed by atoms with Crippen LogP contribution in [0.5, 0.6) is 0 Å². The van der Waals surface area contributed by atoms with Gasteiger partial charge in [-0.25, -0.2) is 0 Å². The molecule has 1 aliphatic rings. The second-order valence-corrected chi connectivity index (χ2v) is 6.31. The van der Waals surface area contributed by atoms with Crippen LogP contribution >= 0.6 is 0 Å². The maximum absolute atomic E-state index is 5.86. The molecule has 1 aliphatic carbocycles. The average Bonchev–Trinajstić information content (AvgIpc) is 2.80.